The number of esters is 1. The van der Waals surface area contributed by atoms with Gasteiger partial charge in [-0.1, -0.05) is 31.9 Å². The van der Waals surface area contributed by atoms with Gasteiger partial charge in [-0.05, 0) is 37.4 Å². The van der Waals surface area contributed by atoms with Crippen molar-refractivity contribution in [2.24, 2.45) is 0 Å². The van der Waals surface area contributed by atoms with Crippen molar-refractivity contribution in [3.63, 3.8) is 0 Å². The number of methoxy groups -OCH3 is 1. The minimum Gasteiger partial charge on any atom is -0.465 e. The Morgan fingerprint density at radius 1 is 1.36 bits per heavy atom. The van der Waals surface area contributed by atoms with Crippen LogP contribution in [0.1, 0.15) is 18.7 Å². The van der Waals surface area contributed by atoms with Gasteiger partial charge in [0.15, 0.2) is 0 Å². The van der Waals surface area contributed by atoms with Gasteiger partial charge in [-0.25, -0.2) is 4.79 Å². The first kappa shape index (κ1) is 20.3. The summed E-state index contributed by atoms with van der Waals surface area (Å²) in [6, 6.07) is 4.04. The van der Waals surface area contributed by atoms with Gasteiger partial charge in [0.25, 0.3) is 0 Å². The Bertz CT molecular complexity index is 688. The van der Waals surface area contributed by atoms with Crippen molar-refractivity contribution < 1.29 is 9.53 Å². The van der Waals surface area contributed by atoms with Gasteiger partial charge in [0.2, 0.25) is 0 Å². The molecule has 6 heteroatoms. The molecular formula is C19H25N3O2S. The summed E-state index contributed by atoms with van der Waals surface area (Å²) in [6.07, 6.45) is 5.25. The van der Waals surface area contributed by atoms with Crippen LogP contribution >= 0.6 is 11.3 Å². The molecular weight excluding hydrogens is 334 g/mol. The van der Waals surface area contributed by atoms with Crippen LogP contribution < -0.4 is 16.0 Å². The van der Waals surface area contributed by atoms with Crippen LogP contribution in [0.3, 0.4) is 0 Å². The van der Waals surface area contributed by atoms with Crippen molar-refractivity contribution in [2.45, 2.75) is 20.0 Å². The number of carbonyl (C=O) groups excluding carboxylic acids is 1. The topological polar surface area (TPSA) is 62.4 Å². The first-order valence-corrected chi connectivity index (χ1v) is 8.56. The SMILES string of the molecule is C=C/C(C(=O)OC)=C(\C)NC(=C)NC(C)NC(=C)/C=C/c1cccs1. The second-order valence-electron chi connectivity index (χ2n) is 5.22. The van der Waals surface area contributed by atoms with Crippen LogP contribution in [-0.2, 0) is 9.53 Å². The smallest absolute Gasteiger partial charge is 0.339 e. The van der Waals surface area contributed by atoms with Crippen molar-refractivity contribution in [3.8, 4) is 0 Å². The summed E-state index contributed by atoms with van der Waals surface area (Å²) in [5.74, 6) is 0.0851. The van der Waals surface area contributed by atoms with E-state index in [1.54, 1.807) is 18.3 Å². The van der Waals surface area contributed by atoms with Crippen molar-refractivity contribution in [2.75, 3.05) is 7.11 Å². The summed E-state index contributed by atoms with van der Waals surface area (Å²) in [5, 5.41) is 11.4. The molecule has 0 saturated carbocycles. The van der Waals surface area contributed by atoms with E-state index in [0.717, 1.165) is 10.6 Å². The molecule has 1 atom stereocenters. The van der Waals surface area contributed by atoms with Crippen molar-refractivity contribution in [1.82, 2.24) is 16.0 Å². The summed E-state index contributed by atoms with van der Waals surface area (Å²) >= 11 is 1.66. The van der Waals surface area contributed by atoms with E-state index in [0.29, 0.717) is 17.1 Å². The molecule has 0 aliphatic rings. The third-order valence-electron chi connectivity index (χ3n) is 3.14. The van der Waals surface area contributed by atoms with E-state index in [9.17, 15) is 4.79 Å². The van der Waals surface area contributed by atoms with Crippen LogP contribution in [0, 0.1) is 0 Å². The highest BCUT2D eigenvalue weighted by molar-refractivity contribution is 7.10. The summed E-state index contributed by atoms with van der Waals surface area (Å²) in [4.78, 5) is 12.8. The Morgan fingerprint density at radius 3 is 2.64 bits per heavy atom. The fourth-order valence-corrected chi connectivity index (χ4v) is 2.64. The van der Waals surface area contributed by atoms with Gasteiger partial charge >= 0.3 is 5.97 Å². The lowest BCUT2D eigenvalue weighted by Gasteiger charge is -2.21. The fourth-order valence-electron chi connectivity index (χ4n) is 2.02. The van der Waals surface area contributed by atoms with Gasteiger partial charge in [-0.3, -0.25) is 0 Å². The standard InChI is InChI=1S/C19H25N3O2S/c1-7-18(19(23)24-6)14(3)21-16(5)22-15(4)20-13(2)10-11-17-9-8-12-25-17/h7-12,15,20-22H,1-2,5H2,3-4,6H3/b11-10+,18-14-. The molecule has 0 aromatic carbocycles. The van der Waals surface area contributed by atoms with E-state index >= 15 is 0 Å². The Morgan fingerprint density at radius 2 is 2.08 bits per heavy atom. The molecule has 134 valence electrons. The van der Waals surface area contributed by atoms with Crippen molar-refractivity contribution >= 4 is 23.4 Å². The lowest BCUT2D eigenvalue weighted by atomic mass is 10.2. The maximum absolute atomic E-state index is 11.6. The molecule has 3 N–H and O–H groups in total. The molecule has 0 spiro atoms. The number of nitrogens with one attached hydrogen (secondary N) is 3. The average Bonchev–Trinajstić information content (AvgIpc) is 3.06. The van der Waals surface area contributed by atoms with E-state index in [-0.39, 0.29) is 6.17 Å². The highest BCUT2D eigenvalue weighted by Gasteiger charge is 2.10. The Hall–Kier alpha value is -2.73. The fraction of sp³-hybridized carbons (Fsp3) is 0.211. The minimum absolute atomic E-state index is 0.112. The quantitative estimate of drug-likeness (QED) is 0.258. The summed E-state index contributed by atoms with van der Waals surface area (Å²) < 4.78 is 4.71. The zero-order valence-corrected chi connectivity index (χ0v) is 15.7. The molecule has 1 aromatic heterocycles. The van der Waals surface area contributed by atoms with E-state index in [1.165, 1.54) is 13.2 Å². The number of thiophene rings is 1. The van der Waals surface area contributed by atoms with Gasteiger partial charge in [-0.15, -0.1) is 11.3 Å². The van der Waals surface area contributed by atoms with Gasteiger partial charge in [-0.2, -0.15) is 0 Å². The van der Waals surface area contributed by atoms with Crippen molar-refractivity contribution in [3.05, 3.63) is 77.1 Å². The molecule has 0 amide bonds. The second-order valence-corrected chi connectivity index (χ2v) is 6.20. The number of carbonyl (C=O) groups is 1. The highest BCUT2D eigenvalue weighted by Crippen LogP contribution is 2.11. The molecule has 1 rings (SSSR count). The number of ether oxygens (including phenoxy) is 1. The molecule has 5 nitrogen and oxygen atoms in total. The van der Waals surface area contributed by atoms with Gasteiger partial charge < -0.3 is 20.7 Å². The molecule has 0 bridgehead atoms. The van der Waals surface area contributed by atoms with E-state index in [4.69, 9.17) is 4.74 Å². The number of rotatable bonds is 10. The Labute approximate surface area is 153 Å². The zero-order valence-electron chi connectivity index (χ0n) is 14.9. The molecule has 1 heterocycles. The van der Waals surface area contributed by atoms with E-state index in [2.05, 4.69) is 35.7 Å². The van der Waals surface area contributed by atoms with Crippen LogP contribution in [0.5, 0.6) is 0 Å². The molecule has 0 radical (unpaired) electrons. The minimum atomic E-state index is -0.453. The van der Waals surface area contributed by atoms with E-state index < -0.39 is 5.97 Å². The number of hydrogen-bond acceptors (Lipinski definition) is 6. The van der Waals surface area contributed by atoms with Crippen molar-refractivity contribution in [1.29, 1.82) is 0 Å². The normalized spacial score (nSPS) is 12.8. The first-order chi connectivity index (χ1) is 11.9. The Balaban J connectivity index is 2.53. The Kier molecular flexibility index (Phi) is 8.29. The van der Waals surface area contributed by atoms with Gasteiger partial charge in [0.1, 0.15) is 0 Å². The molecule has 0 fully saturated rings. The van der Waals surface area contributed by atoms with Crippen LogP contribution in [0.25, 0.3) is 6.08 Å². The summed E-state index contributed by atoms with van der Waals surface area (Å²) in [7, 11) is 1.33. The third kappa shape index (κ3) is 7.14. The third-order valence-corrected chi connectivity index (χ3v) is 3.97. The molecule has 1 unspecified atom stereocenters. The zero-order chi connectivity index (χ0) is 18.8. The lowest BCUT2D eigenvalue weighted by molar-refractivity contribution is -0.135. The maximum Gasteiger partial charge on any atom is 0.339 e. The summed E-state index contributed by atoms with van der Waals surface area (Å²) in [6.45, 7) is 15.2. The maximum atomic E-state index is 11.6. The predicted octanol–water partition coefficient (Wildman–Crippen LogP) is 3.49. The highest BCUT2D eigenvalue weighted by atomic mass is 32.1. The van der Waals surface area contributed by atoms with Crippen LogP contribution in [0.4, 0.5) is 0 Å². The predicted molar refractivity (Wildman–Crippen MR) is 105 cm³/mol. The van der Waals surface area contributed by atoms with Crippen LogP contribution in [0.15, 0.2) is 72.2 Å². The number of hydrogen-bond donors (Lipinski definition) is 3. The second kappa shape index (κ2) is 10.2. The van der Waals surface area contributed by atoms with Gasteiger partial charge in [0, 0.05) is 16.3 Å². The first-order valence-electron chi connectivity index (χ1n) is 7.68. The van der Waals surface area contributed by atoms with E-state index in [1.807, 2.05) is 36.6 Å². The molecule has 0 saturated heterocycles. The number of allylic oxidation sites excluding steroid dienone is 2. The average molecular weight is 359 g/mol. The summed E-state index contributed by atoms with van der Waals surface area (Å²) in [5.41, 5.74) is 1.73. The lowest BCUT2D eigenvalue weighted by Crippen LogP contribution is -2.41. The molecule has 0 aliphatic heterocycles. The molecule has 1 aromatic rings. The van der Waals surface area contributed by atoms with Crippen LogP contribution in [-0.4, -0.2) is 19.2 Å². The van der Waals surface area contributed by atoms with Gasteiger partial charge in [0.05, 0.1) is 24.7 Å². The van der Waals surface area contributed by atoms with Crippen LogP contribution in [0.2, 0.25) is 0 Å². The molecule has 25 heavy (non-hydrogen) atoms. The molecule has 0 aliphatic carbocycles. The monoisotopic (exact) mass is 359 g/mol. The largest absolute Gasteiger partial charge is 0.465 e.